The average molecular weight is 623 g/mol. The van der Waals surface area contributed by atoms with Crippen LogP contribution in [0.3, 0.4) is 0 Å². The van der Waals surface area contributed by atoms with Crippen molar-refractivity contribution in [3.8, 4) is 5.88 Å². The molecule has 1 aromatic carbocycles. The second-order valence-corrected chi connectivity index (χ2v) is 11.6. The monoisotopic (exact) mass is 622 g/mol. The van der Waals surface area contributed by atoms with Crippen molar-refractivity contribution in [3.05, 3.63) is 75.9 Å². The maximum atomic E-state index is 14.3. The van der Waals surface area contributed by atoms with Crippen LogP contribution >= 0.6 is 11.6 Å². The number of imidazole rings is 1. The van der Waals surface area contributed by atoms with Crippen molar-refractivity contribution >= 4 is 34.6 Å². The number of hydrogen-bond donors (Lipinski definition) is 0. The summed E-state index contributed by atoms with van der Waals surface area (Å²) in [6, 6.07) is 11.8. The van der Waals surface area contributed by atoms with E-state index >= 15 is 0 Å². The van der Waals surface area contributed by atoms with Gasteiger partial charge >= 0.3 is 5.97 Å². The fraction of sp³-hybridized carbons (Fsp3) is 0.419. The Bertz CT molecular complexity index is 1700. The maximum absolute atomic E-state index is 14.3. The molecule has 4 aromatic rings. The van der Waals surface area contributed by atoms with E-state index in [1.807, 2.05) is 12.1 Å². The van der Waals surface area contributed by atoms with Crippen molar-refractivity contribution in [2.24, 2.45) is 0 Å². The summed E-state index contributed by atoms with van der Waals surface area (Å²) < 4.78 is 38.9. The van der Waals surface area contributed by atoms with Crippen molar-refractivity contribution in [2.75, 3.05) is 44.9 Å². The van der Waals surface area contributed by atoms with E-state index in [9.17, 15) is 9.18 Å². The first-order valence-corrected chi connectivity index (χ1v) is 15.0. The molecule has 2 saturated heterocycles. The van der Waals surface area contributed by atoms with Gasteiger partial charge in [-0.3, -0.25) is 4.90 Å². The molecule has 0 saturated carbocycles. The van der Waals surface area contributed by atoms with Gasteiger partial charge in [-0.05, 0) is 36.8 Å². The normalized spacial score (nSPS) is 20.0. The molecule has 0 bridgehead atoms. The predicted octanol–water partition coefficient (Wildman–Crippen LogP) is 3.99. The minimum atomic E-state index is -0.481. The summed E-state index contributed by atoms with van der Waals surface area (Å²) in [6.07, 6.45) is 1.07. The molecule has 0 aliphatic carbocycles. The first-order valence-electron chi connectivity index (χ1n) is 14.6. The van der Waals surface area contributed by atoms with Crippen LogP contribution in [-0.2, 0) is 40.5 Å². The molecule has 0 radical (unpaired) electrons. The number of hydrogen-bond acceptors (Lipinski definition) is 10. The van der Waals surface area contributed by atoms with Crippen LogP contribution in [0.25, 0.3) is 11.2 Å². The highest BCUT2D eigenvalue weighted by Gasteiger charge is 2.33. The predicted molar refractivity (Wildman–Crippen MR) is 159 cm³/mol. The number of fused-ring (bicyclic) bond motifs is 4. The van der Waals surface area contributed by atoms with Gasteiger partial charge in [0.25, 0.3) is 0 Å². The number of methoxy groups -OCH3 is 1. The summed E-state index contributed by atoms with van der Waals surface area (Å²) in [7, 11) is 1.35. The number of carbonyl (C=O) groups is 1. The lowest BCUT2D eigenvalue weighted by Gasteiger charge is -2.41. The zero-order valence-corrected chi connectivity index (χ0v) is 25.0. The number of nitrogens with zero attached hydrogens (tertiary/aromatic N) is 6. The third-order valence-corrected chi connectivity index (χ3v) is 8.57. The minimum Gasteiger partial charge on any atom is -0.473 e. The van der Waals surface area contributed by atoms with Gasteiger partial charge in [0, 0.05) is 48.5 Å². The summed E-state index contributed by atoms with van der Waals surface area (Å²) in [4.78, 5) is 31.2. The largest absolute Gasteiger partial charge is 0.473 e. The van der Waals surface area contributed by atoms with Gasteiger partial charge in [0.2, 0.25) is 5.88 Å². The number of ether oxygens (including phenoxy) is 4. The molecule has 230 valence electrons. The number of pyridine rings is 2. The molecule has 11 nitrogen and oxygen atoms in total. The Morgan fingerprint density at radius 2 is 2.02 bits per heavy atom. The Morgan fingerprint density at radius 3 is 2.82 bits per heavy atom. The molecule has 0 unspecified atom stereocenters. The van der Waals surface area contributed by atoms with Crippen molar-refractivity contribution in [3.63, 3.8) is 0 Å². The number of esters is 1. The van der Waals surface area contributed by atoms with Crippen molar-refractivity contribution < 1.29 is 28.1 Å². The molecule has 2 fully saturated rings. The number of aromatic nitrogens is 4. The molecule has 0 amide bonds. The highest BCUT2D eigenvalue weighted by atomic mass is 35.5. The highest BCUT2D eigenvalue weighted by molar-refractivity contribution is 6.30. The average Bonchev–Trinajstić information content (AvgIpc) is 3.23. The number of halogens is 2. The number of anilines is 1. The first-order chi connectivity index (χ1) is 21.4. The van der Waals surface area contributed by atoms with E-state index in [-0.39, 0.29) is 24.4 Å². The van der Waals surface area contributed by atoms with Crippen LogP contribution in [-0.4, -0.2) is 82.5 Å². The fourth-order valence-corrected chi connectivity index (χ4v) is 6.05. The summed E-state index contributed by atoms with van der Waals surface area (Å²) in [5.41, 5.74) is 3.03. The number of rotatable bonds is 8. The Balaban J connectivity index is 1.08. The minimum absolute atomic E-state index is 0.0470. The molecule has 6 heterocycles. The van der Waals surface area contributed by atoms with Gasteiger partial charge in [0.05, 0.1) is 45.6 Å². The molecule has 0 N–H and O–H groups in total. The van der Waals surface area contributed by atoms with Crippen LogP contribution in [0.5, 0.6) is 5.88 Å². The lowest BCUT2D eigenvalue weighted by Crippen LogP contribution is -2.54. The van der Waals surface area contributed by atoms with Crippen molar-refractivity contribution in [1.29, 1.82) is 0 Å². The van der Waals surface area contributed by atoms with Crippen LogP contribution in [0.2, 0.25) is 5.02 Å². The van der Waals surface area contributed by atoms with Gasteiger partial charge in [0.15, 0.2) is 11.3 Å². The first kappa shape index (κ1) is 28.9. The fourth-order valence-electron chi connectivity index (χ4n) is 5.89. The van der Waals surface area contributed by atoms with Crippen LogP contribution in [0.1, 0.15) is 33.9 Å². The van der Waals surface area contributed by atoms with E-state index in [0.29, 0.717) is 48.4 Å². The van der Waals surface area contributed by atoms with Crippen molar-refractivity contribution in [2.45, 2.75) is 44.9 Å². The van der Waals surface area contributed by atoms with Crippen LogP contribution in [0.15, 0.2) is 42.5 Å². The molecule has 2 atom stereocenters. The van der Waals surface area contributed by atoms with Crippen LogP contribution < -0.4 is 9.64 Å². The third kappa shape index (κ3) is 5.82. The van der Waals surface area contributed by atoms with Gasteiger partial charge in [-0.2, -0.15) is 4.98 Å². The summed E-state index contributed by atoms with van der Waals surface area (Å²) in [5.74, 6) is 1.23. The molecule has 3 aliphatic rings. The lowest BCUT2D eigenvalue weighted by molar-refractivity contribution is -0.0593. The molecule has 3 aromatic heterocycles. The molecule has 3 aliphatic heterocycles. The standard InChI is InChI=1S/C31H32ClFN6O5/c1-41-31(40)26-6-5-25-30(35-26)39(14-23-8-11-43-23)27(34-25)15-37-9-10-38-22(13-37)18-42-16-20-3-7-28(36-29(20)38)44-17-19-2-4-21(32)12-24(19)33/h2-7,12,22-23H,8-11,13-18H2,1H3/t22-,23+/m1/s1. The quantitative estimate of drug-likeness (QED) is 0.268. The van der Waals surface area contributed by atoms with Crippen LogP contribution in [0, 0.1) is 5.82 Å². The SMILES string of the molecule is COC(=O)c1ccc2nc(CN3CCN4c5nc(OCc6ccc(Cl)cc6F)ccc5COC[C@H]4C3)n(C[C@@H]3CCO3)c2n1. The molecule has 7 rings (SSSR count). The van der Waals surface area contributed by atoms with E-state index in [0.717, 1.165) is 55.4 Å². The Labute approximate surface area is 258 Å². The van der Waals surface area contributed by atoms with E-state index in [1.54, 1.807) is 24.3 Å². The van der Waals surface area contributed by atoms with E-state index < -0.39 is 11.8 Å². The van der Waals surface area contributed by atoms with Gasteiger partial charge < -0.3 is 28.4 Å². The second-order valence-electron chi connectivity index (χ2n) is 11.2. The summed E-state index contributed by atoms with van der Waals surface area (Å²) >= 11 is 5.88. The second kappa shape index (κ2) is 12.3. The van der Waals surface area contributed by atoms with E-state index in [1.165, 1.54) is 13.2 Å². The zero-order valence-electron chi connectivity index (χ0n) is 24.2. The van der Waals surface area contributed by atoms with E-state index in [4.69, 9.17) is 40.5 Å². The Kier molecular flexibility index (Phi) is 8.06. The molecular weight excluding hydrogens is 591 g/mol. The smallest absolute Gasteiger partial charge is 0.356 e. The lowest BCUT2D eigenvalue weighted by atomic mass is 10.1. The number of piperazine rings is 1. The molecule has 44 heavy (non-hydrogen) atoms. The Morgan fingerprint density at radius 1 is 1.14 bits per heavy atom. The Hall–Kier alpha value is -3.84. The number of carbonyl (C=O) groups excluding carboxylic acids is 1. The number of benzene rings is 1. The topological polar surface area (TPSA) is 104 Å². The third-order valence-electron chi connectivity index (χ3n) is 8.34. The molecule has 0 spiro atoms. The van der Waals surface area contributed by atoms with Gasteiger partial charge in [-0.25, -0.2) is 19.2 Å². The molecular formula is C31H32ClFN6O5. The van der Waals surface area contributed by atoms with Crippen molar-refractivity contribution in [1.82, 2.24) is 24.4 Å². The summed E-state index contributed by atoms with van der Waals surface area (Å²) in [6.45, 7) is 5.28. The van der Waals surface area contributed by atoms with E-state index in [2.05, 4.69) is 19.4 Å². The highest BCUT2D eigenvalue weighted by Crippen LogP contribution is 2.30. The maximum Gasteiger partial charge on any atom is 0.356 e. The summed E-state index contributed by atoms with van der Waals surface area (Å²) in [5, 5.41) is 0.341. The molecule has 13 heteroatoms. The van der Waals surface area contributed by atoms with Gasteiger partial charge in [0.1, 0.15) is 29.6 Å². The van der Waals surface area contributed by atoms with Crippen LogP contribution in [0.4, 0.5) is 10.2 Å². The van der Waals surface area contributed by atoms with Gasteiger partial charge in [-0.1, -0.05) is 17.7 Å². The zero-order chi connectivity index (χ0) is 30.2. The van der Waals surface area contributed by atoms with Gasteiger partial charge in [-0.15, -0.1) is 0 Å².